The van der Waals surface area contributed by atoms with Gasteiger partial charge in [-0.3, -0.25) is 0 Å². The minimum Gasteiger partial charge on any atom is -0.208 e. The Balaban J connectivity index is 1.17. The maximum atomic E-state index is 9.62. The molecule has 258 valence electrons. The van der Waals surface area contributed by atoms with Crippen molar-refractivity contribution < 1.29 is 20.6 Å². The van der Waals surface area contributed by atoms with E-state index in [2.05, 4.69) is 0 Å². The maximum Gasteiger partial charge on any atom is 0.164 e. The lowest BCUT2D eigenvalue weighted by molar-refractivity contribution is 1.07. The summed E-state index contributed by atoms with van der Waals surface area (Å²) in [5.74, 6) is 0.386. The molecule has 0 saturated heterocycles. The molecule has 3 nitrogen and oxygen atoms in total. The number of benzene rings is 8. The van der Waals surface area contributed by atoms with Crippen molar-refractivity contribution in [1.29, 1.82) is 0 Å². The van der Waals surface area contributed by atoms with Crippen molar-refractivity contribution in [3.8, 4) is 78.7 Å². The van der Waals surface area contributed by atoms with Gasteiger partial charge in [0.05, 0.1) is 20.6 Å². The highest BCUT2D eigenvalue weighted by atomic mass is 32.1. The molecule has 0 amide bonds. The fourth-order valence-electron chi connectivity index (χ4n) is 6.20. The van der Waals surface area contributed by atoms with Gasteiger partial charge in [-0.25, -0.2) is 15.0 Å². The molecule has 2 aromatic heterocycles. The summed E-state index contributed by atoms with van der Waals surface area (Å²) in [5.41, 5.74) is 2.82. The second kappa shape index (κ2) is 14.1. The fourth-order valence-corrected chi connectivity index (χ4v) is 7.17. The third-order valence-corrected chi connectivity index (χ3v) is 10.0. The second-order valence-corrected chi connectivity index (χ2v) is 13.5. The Bertz CT molecular complexity index is 3650. The van der Waals surface area contributed by atoms with E-state index >= 15 is 0 Å². The van der Waals surface area contributed by atoms with Crippen molar-refractivity contribution in [2.24, 2.45) is 0 Å². The molecule has 0 aliphatic rings. The van der Waals surface area contributed by atoms with Gasteiger partial charge in [-0.15, -0.1) is 11.3 Å². The van der Waals surface area contributed by atoms with Crippen LogP contribution >= 0.6 is 11.3 Å². The van der Waals surface area contributed by atoms with E-state index in [1.54, 1.807) is 0 Å². The minimum absolute atomic E-state index is 0.00680. The van der Waals surface area contributed by atoms with E-state index in [9.17, 15) is 5.48 Å². The van der Waals surface area contributed by atoms with E-state index in [0.29, 0.717) is 11.1 Å². The molecule has 0 radical (unpaired) electrons. The number of hydrogen-bond acceptors (Lipinski definition) is 4. The molecule has 0 atom stereocenters. The number of nitrogens with zero attached hydrogens (tertiary/aromatic N) is 3. The fraction of sp³-hybridized carbons (Fsp3) is 0. The first-order chi connectivity index (χ1) is 33.5. The molecular weight excluding hydrogens is 687 g/mol. The first kappa shape index (κ1) is 20.4. The summed E-state index contributed by atoms with van der Waals surface area (Å²) in [4.78, 5) is 14.5. The van der Waals surface area contributed by atoms with Crippen LogP contribution in [0.2, 0.25) is 0 Å². The average Bonchev–Trinajstić information content (AvgIpc) is 3.80. The lowest BCUT2D eigenvalue weighted by atomic mass is 9.99. The van der Waals surface area contributed by atoms with E-state index in [0.717, 1.165) is 33.6 Å². The first-order valence-electron chi connectivity index (χ1n) is 24.7. The average molecular weight is 735 g/mol. The molecule has 0 spiro atoms. The Hall–Kier alpha value is -7.01. The van der Waals surface area contributed by atoms with Crippen LogP contribution in [0.4, 0.5) is 0 Å². The quantitative estimate of drug-likeness (QED) is 0.164. The van der Waals surface area contributed by atoms with Crippen LogP contribution in [0.5, 0.6) is 0 Å². The number of hydrogen-bond donors (Lipinski definition) is 0. The summed E-state index contributed by atoms with van der Waals surface area (Å²) in [6, 6.07) is 25.0. The zero-order valence-corrected chi connectivity index (χ0v) is 29.5. The minimum atomic E-state index is -0.807. The lowest BCUT2D eigenvalue weighted by Crippen LogP contribution is -2.00. The molecule has 0 saturated carbocycles. The van der Waals surface area contributed by atoms with Crippen LogP contribution in [-0.4, -0.2) is 15.0 Å². The third kappa shape index (κ3) is 6.50. The number of rotatable bonds is 7. The molecule has 55 heavy (non-hydrogen) atoms. The Labute approximate surface area is 345 Å². The number of thiophene rings is 1. The zero-order chi connectivity index (χ0) is 49.6. The summed E-state index contributed by atoms with van der Waals surface area (Å²) in [6.45, 7) is 0. The van der Waals surface area contributed by atoms with Crippen LogP contribution in [-0.2, 0) is 0 Å². The van der Waals surface area contributed by atoms with Gasteiger partial charge >= 0.3 is 0 Å². The molecule has 2 heterocycles. The molecule has 0 fully saturated rings. The van der Waals surface area contributed by atoms with E-state index < -0.39 is 107 Å². The molecule has 0 aliphatic heterocycles. The van der Waals surface area contributed by atoms with E-state index in [1.807, 2.05) is 109 Å². The Morgan fingerprint density at radius 2 is 0.745 bits per heavy atom. The Morgan fingerprint density at radius 1 is 0.309 bits per heavy atom. The van der Waals surface area contributed by atoms with Gasteiger partial charge in [-0.05, 0) is 62.6 Å². The lowest BCUT2D eigenvalue weighted by Gasteiger charge is -2.10. The SMILES string of the molecule is [2H]c1c([2H])c([2H])c(-c2c([2H])c([2H])c(-c3c([2H])c([2H])c4sc5c([2H])c(-c6nc(-c7ccc(-c8ccccc8)cc7)nc(-c7ccc(-c8ccccc8)cc7)n6)c([2H])c([2H])c5c4c3[2H])c([2H])c2[2H])c([2H])c1[2H]. The summed E-state index contributed by atoms with van der Waals surface area (Å²) in [5, 5.41) is -0.192. The number of fused-ring (bicyclic) bond motifs is 3. The van der Waals surface area contributed by atoms with Crippen molar-refractivity contribution in [3.05, 3.63) is 200 Å². The van der Waals surface area contributed by atoms with Gasteiger partial charge in [-0.2, -0.15) is 0 Å². The molecule has 0 N–H and O–H groups in total. The van der Waals surface area contributed by atoms with Crippen molar-refractivity contribution in [1.82, 2.24) is 15.0 Å². The topological polar surface area (TPSA) is 38.7 Å². The largest absolute Gasteiger partial charge is 0.208 e. The molecular formula is C51H33N3S. The molecule has 10 rings (SSSR count). The summed E-state index contributed by atoms with van der Waals surface area (Å²) >= 11 is 0.851. The van der Waals surface area contributed by atoms with E-state index in [4.69, 9.17) is 30.0 Å². The van der Waals surface area contributed by atoms with Crippen LogP contribution in [0, 0.1) is 0 Å². The summed E-state index contributed by atoms with van der Waals surface area (Å²) < 4.78 is 134. The van der Waals surface area contributed by atoms with Gasteiger partial charge in [0, 0.05) is 36.9 Å². The van der Waals surface area contributed by atoms with Crippen LogP contribution in [0.3, 0.4) is 0 Å². The van der Waals surface area contributed by atoms with Crippen molar-refractivity contribution in [3.63, 3.8) is 0 Å². The van der Waals surface area contributed by atoms with Crippen molar-refractivity contribution >= 4 is 31.5 Å². The predicted molar refractivity (Wildman–Crippen MR) is 231 cm³/mol. The molecule has 4 heteroatoms. The Morgan fingerprint density at radius 3 is 1.31 bits per heavy atom. The second-order valence-electron chi connectivity index (χ2n) is 12.5. The van der Waals surface area contributed by atoms with Crippen LogP contribution in [0.1, 0.15) is 20.6 Å². The van der Waals surface area contributed by atoms with E-state index in [-0.39, 0.29) is 49.3 Å². The van der Waals surface area contributed by atoms with Crippen LogP contribution < -0.4 is 0 Å². The van der Waals surface area contributed by atoms with Gasteiger partial charge in [0.25, 0.3) is 0 Å². The Kier molecular flexibility index (Phi) is 5.24. The smallest absolute Gasteiger partial charge is 0.164 e. The van der Waals surface area contributed by atoms with E-state index in [1.165, 1.54) is 0 Å². The molecule has 0 unspecified atom stereocenters. The molecule has 0 bridgehead atoms. The summed E-state index contributed by atoms with van der Waals surface area (Å²) in [6.07, 6.45) is 0. The molecule has 10 aromatic rings. The van der Waals surface area contributed by atoms with Gasteiger partial charge in [-0.1, -0.05) is 182 Å². The highest BCUT2D eigenvalue weighted by Gasteiger charge is 2.15. The number of aromatic nitrogens is 3. The van der Waals surface area contributed by atoms with Gasteiger partial charge < -0.3 is 0 Å². The summed E-state index contributed by atoms with van der Waals surface area (Å²) in [7, 11) is 0. The van der Waals surface area contributed by atoms with Crippen molar-refractivity contribution in [2.45, 2.75) is 0 Å². The van der Waals surface area contributed by atoms with Gasteiger partial charge in [0.1, 0.15) is 0 Å². The highest BCUT2D eigenvalue weighted by molar-refractivity contribution is 7.25. The van der Waals surface area contributed by atoms with Crippen molar-refractivity contribution in [2.75, 3.05) is 0 Å². The normalized spacial score (nSPS) is 15.1. The highest BCUT2D eigenvalue weighted by Crippen LogP contribution is 2.39. The standard InChI is InChI=1S/C51H33N3S/c1-4-10-34(11-5-1)37-16-18-40(19-17-37)43-29-31-47-46(32-43)45-30-28-44(33-48(45)55-47)51-53-49(41-24-20-38(21-25-41)35-12-6-2-7-13-35)52-50(54-51)42-26-22-39(23-27-42)36-14-8-3-9-15-36/h1-33H/i1D,4D,5D,10D,11D,16D,17D,18D,19D,28D,29D,30D,31D,32D,33D. The molecule has 8 aromatic carbocycles. The monoisotopic (exact) mass is 734 g/mol. The molecule has 0 aliphatic carbocycles. The van der Waals surface area contributed by atoms with Crippen LogP contribution in [0.15, 0.2) is 200 Å². The van der Waals surface area contributed by atoms with Crippen LogP contribution in [0.25, 0.3) is 98.8 Å². The van der Waals surface area contributed by atoms with Gasteiger partial charge in [0.2, 0.25) is 0 Å². The van der Waals surface area contributed by atoms with Gasteiger partial charge in [0.15, 0.2) is 17.5 Å². The maximum absolute atomic E-state index is 9.62. The first-order valence-corrected chi connectivity index (χ1v) is 18.0. The predicted octanol–water partition coefficient (Wildman–Crippen LogP) is 13.9. The third-order valence-electron chi connectivity index (χ3n) is 8.99. The zero-order valence-electron chi connectivity index (χ0n) is 43.6.